The van der Waals surface area contributed by atoms with Crippen LogP contribution in [0.2, 0.25) is 0 Å². The van der Waals surface area contributed by atoms with E-state index < -0.39 is 17.5 Å². The lowest BCUT2D eigenvalue weighted by Crippen LogP contribution is -2.45. The summed E-state index contributed by atoms with van der Waals surface area (Å²) in [4.78, 5) is 42.6. The average Bonchev–Trinajstić information content (AvgIpc) is 3.15. The Balaban J connectivity index is 1.33. The van der Waals surface area contributed by atoms with E-state index in [-0.39, 0.29) is 12.5 Å². The van der Waals surface area contributed by atoms with Gasteiger partial charge in [0.15, 0.2) is 11.5 Å². The Hall–Kier alpha value is -4.33. The molecule has 5 rings (SSSR count). The summed E-state index contributed by atoms with van der Waals surface area (Å²) in [5.41, 5.74) is 1.33. The monoisotopic (exact) mass is 499 g/mol. The summed E-state index contributed by atoms with van der Waals surface area (Å²) in [5.74, 6) is 0.342. The van der Waals surface area contributed by atoms with Crippen LogP contribution in [-0.2, 0) is 28.1 Å². The molecule has 3 aromatic rings. The van der Waals surface area contributed by atoms with Gasteiger partial charge in [0.05, 0.1) is 0 Å². The first-order chi connectivity index (χ1) is 17.9. The second-order valence-corrected chi connectivity index (χ2v) is 9.34. The summed E-state index contributed by atoms with van der Waals surface area (Å²) >= 11 is 0. The largest absolute Gasteiger partial charge is 0.486 e. The van der Waals surface area contributed by atoms with Crippen LogP contribution in [0.1, 0.15) is 23.6 Å². The van der Waals surface area contributed by atoms with Crippen molar-refractivity contribution < 1.29 is 23.9 Å². The molecule has 0 bridgehead atoms. The molecule has 1 saturated heterocycles. The quantitative estimate of drug-likeness (QED) is 0.480. The number of amides is 4. The van der Waals surface area contributed by atoms with E-state index in [1.165, 1.54) is 0 Å². The van der Waals surface area contributed by atoms with E-state index in [2.05, 4.69) is 5.32 Å². The van der Waals surface area contributed by atoms with Crippen LogP contribution in [-0.4, -0.2) is 53.9 Å². The van der Waals surface area contributed by atoms with Crippen molar-refractivity contribution in [3.63, 3.8) is 0 Å². The average molecular weight is 500 g/mol. The predicted molar refractivity (Wildman–Crippen MR) is 137 cm³/mol. The fourth-order valence-electron chi connectivity index (χ4n) is 4.63. The van der Waals surface area contributed by atoms with Gasteiger partial charge >= 0.3 is 6.03 Å². The minimum Gasteiger partial charge on any atom is -0.486 e. The molecule has 0 saturated carbocycles. The third-order valence-electron chi connectivity index (χ3n) is 6.77. The van der Waals surface area contributed by atoms with Crippen LogP contribution < -0.4 is 14.8 Å². The van der Waals surface area contributed by atoms with Crippen LogP contribution in [0.3, 0.4) is 0 Å². The maximum Gasteiger partial charge on any atom is 0.325 e. The van der Waals surface area contributed by atoms with Gasteiger partial charge in [-0.3, -0.25) is 14.5 Å². The van der Waals surface area contributed by atoms with Gasteiger partial charge in [-0.1, -0.05) is 66.7 Å². The van der Waals surface area contributed by atoms with Crippen molar-refractivity contribution in [2.45, 2.75) is 25.4 Å². The van der Waals surface area contributed by atoms with Gasteiger partial charge < -0.3 is 19.7 Å². The Bertz CT molecular complexity index is 1300. The van der Waals surface area contributed by atoms with E-state index in [1.807, 2.05) is 60.7 Å². The van der Waals surface area contributed by atoms with Crippen LogP contribution in [0.15, 0.2) is 78.9 Å². The number of carbonyl (C=O) groups is 3. The molecule has 0 spiro atoms. The zero-order chi connectivity index (χ0) is 25.8. The standard InChI is InChI=1S/C29H29N3O5/c1-29(23-12-13-24-25(18-23)37-17-16-36-24)27(34)32(28(35)30-29)20-26(33)31(19-22-10-6-3-7-11-22)15-14-21-8-4-2-5-9-21/h2-13,18H,14-17,19-20H2,1H3,(H,30,35). The Labute approximate surface area is 215 Å². The molecule has 1 atom stereocenters. The molecule has 1 N–H and O–H groups in total. The molecule has 2 aliphatic heterocycles. The number of hydrogen-bond donors (Lipinski definition) is 1. The second-order valence-electron chi connectivity index (χ2n) is 9.34. The first-order valence-corrected chi connectivity index (χ1v) is 12.3. The lowest BCUT2D eigenvalue weighted by molar-refractivity contribution is -0.139. The molecule has 1 fully saturated rings. The molecule has 1 unspecified atom stereocenters. The Morgan fingerprint density at radius 1 is 0.919 bits per heavy atom. The number of carbonyl (C=O) groups excluding carboxylic acids is 3. The Morgan fingerprint density at radius 3 is 2.27 bits per heavy atom. The van der Waals surface area contributed by atoms with Gasteiger partial charge in [0, 0.05) is 13.1 Å². The first kappa shape index (κ1) is 24.4. The van der Waals surface area contributed by atoms with Crippen molar-refractivity contribution in [2.75, 3.05) is 26.3 Å². The molecule has 0 aliphatic carbocycles. The number of imide groups is 1. The molecule has 8 heteroatoms. The van der Waals surface area contributed by atoms with Crippen molar-refractivity contribution in [3.05, 3.63) is 95.6 Å². The van der Waals surface area contributed by atoms with E-state index >= 15 is 0 Å². The van der Waals surface area contributed by atoms with Crippen molar-refractivity contribution >= 4 is 17.8 Å². The molecular weight excluding hydrogens is 470 g/mol. The molecule has 2 aliphatic rings. The highest BCUT2D eigenvalue weighted by Gasteiger charge is 2.50. The smallest absolute Gasteiger partial charge is 0.325 e. The van der Waals surface area contributed by atoms with Gasteiger partial charge in [-0.25, -0.2) is 4.79 Å². The molecular formula is C29H29N3O5. The van der Waals surface area contributed by atoms with E-state index in [0.717, 1.165) is 16.0 Å². The zero-order valence-electron chi connectivity index (χ0n) is 20.7. The highest BCUT2D eigenvalue weighted by Crippen LogP contribution is 2.36. The van der Waals surface area contributed by atoms with Gasteiger partial charge in [0.2, 0.25) is 5.91 Å². The number of nitrogens with one attached hydrogen (secondary N) is 1. The van der Waals surface area contributed by atoms with E-state index in [1.54, 1.807) is 30.0 Å². The second kappa shape index (κ2) is 10.3. The number of fused-ring (bicyclic) bond motifs is 1. The molecule has 8 nitrogen and oxygen atoms in total. The molecule has 4 amide bonds. The summed E-state index contributed by atoms with van der Waals surface area (Å²) in [6, 6.07) is 24.2. The highest BCUT2D eigenvalue weighted by atomic mass is 16.6. The minimum atomic E-state index is -1.32. The predicted octanol–water partition coefficient (Wildman–Crippen LogP) is 3.50. The third kappa shape index (κ3) is 5.14. The van der Waals surface area contributed by atoms with E-state index in [4.69, 9.17) is 9.47 Å². The summed E-state index contributed by atoms with van der Waals surface area (Å²) in [6.45, 7) is 3.01. The van der Waals surface area contributed by atoms with Crippen molar-refractivity contribution in [1.82, 2.24) is 15.1 Å². The molecule has 0 radical (unpaired) electrons. The molecule has 0 aromatic heterocycles. The van der Waals surface area contributed by atoms with Gasteiger partial charge in [-0.2, -0.15) is 0 Å². The van der Waals surface area contributed by atoms with E-state index in [9.17, 15) is 14.4 Å². The van der Waals surface area contributed by atoms with Crippen LogP contribution in [0, 0.1) is 0 Å². The van der Waals surface area contributed by atoms with Crippen LogP contribution >= 0.6 is 0 Å². The highest BCUT2D eigenvalue weighted by molar-refractivity contribution is 6.09. The number of urea groups is 1. The maximum atomic E-state index is 13.5. The zero-order valence-corrected chi connectivity index (χ0v) is 20.7. The number of rotatable bonds is 8. The van der Waals surface area contributed by atoms with Crippen LogP contribution in [0.4, 0.5) is 4.79 Å². The number of hydrogen-bond acceptors (Lipinski definition) is 5. The maximum absolute atomic E-state index is 13.5. The topological polar surface area (TPSA) is 88.2 Å². The molecule has 2 heterocycles. The van der Waals surface area contributed by atoms with Gasteiger partial charge in [-0.15, -0.1) is 0 Å². The number of ether oxygens (including phenoxy) is 2. The summed E-state index contributed by atoms with van der Waals surface area (Å²) in [6.07, 6.45) is 0.661. The normalized spacial score (nSPS) is 18.5. The first-order valence-electron chi connectivity index (χ1n) is 12.3. The number of nitrogens with zero attached hydrogens (tertiary/aromatic N) is 2. The fraction of sp³-hybridized carbons (Fsp3) is 0.276. The Morgan fingerprint density at radius 2 is 1.57 bits per heavy atom. The van der Waals surface area contributed by atoms with Gasteiger partial charge in [0.25, 0.3) is 5.91 Å². The summed E-state index contributed by atoms with van der Waals surface area (Å²) in [5, 5.41) is 2.78. The van der Waals surface area contributed by atoms with Gasteiger partial charge in [0.1, 0.15) is 25.3 Å². The van der Waals surface area contributed by atoms with Crippen molar-refractivity contribution in [1.29, 1.82) is 0 Å². The van der Waals surface area contributed by atoms with Crippen molar-refractivity contribution in [3.8, 4) is 11.5 Å². The molecule has 37 heavy (non-hydrogen) atoms. The van der Waals surface area contributed by atoms with Crippen LogP contribution in [0.5, 0.6) is 11.5 Å². The lowest BCUT2D eigenvalue weighted by Gasteiger charge is -2.26. The fourth-order valence-corrected chi connectivity index (χ4v) is 4.63. The number of benzene rings is 3. The van der Waals surface area contributed by atoms with Crippen LogP contribution in [0.25, 0.3) is 0 Å². The lowest BCUT2D eigenvalue weighted by atomic mass is 9.91. The SMILES string of the molecule is CC1(c2ccc3c(c2)OCCO3)NC(=O)N(CC(=O)N(CCc2ccccc2)Cc2ccccc2)C1=O. The summed E-state index contributed by atoms with van der Waals surface area (Å²) in [7, 11) is 0. The summed E-state index contributed by atoms with van der Waals surface area (Å²) < 4.78 is 11.2. The van der Waals surface area contributed by atoms with Crippen molar-refractivity contribution in [2.24, 2.45) is 0 Å². The Kier molecular flexibility index (Phi) is 6.81. The van der Waals surface area contributed by atoms with E-state index in [0.29, 0.717) is 49.8 Å². The van der Waals surface area contributed by atoms with Gasteiger partial charge in [-0.05, 0) is 42.2 Å². The molecule has 190 valence electrons. The minimum absolute atomic E-state index is 0.297. The third-order valence-corrected chi connectivity index (χ3v) is 6.77. The molecule has 3 aromatic carbocycles.